The minimum atomic E-state index is -6.00. The van der Waals surface area contributed by atoms with Gasteiger partial charge >= 0.3 is 13.3 Å². The highest BCUT2D eigenvalue weighted by molar-refractivity contribution is 6.50. The van der Waals surface area contributed by atoms with Gasteiger partial charge in [0.15, 0.2) is 5.52 Å². The first-order valence-electron chi connectivity index (χ1n) is 4.52. The van der Waals surface area contributed by atoms with Gasteiger partial charge < -0.3 is 33.8 Å². The molecule has 0 fully saturated rings. The summed E-state index contributed by atoms with van der Waals surface area (Å²) < 4.78 is 39.0. The number of H-pyrrole nitrogens is 1. The van der Waals surface area contributed by atoms with Gasteiger partial charge in [0.2, 0.25) is 0 Å². The molecular formula is C7H9BF4N5O2-. The number of aromatic amines is 1. The summed E-state index contributed by atoms with van der Waals surface area (Å²) in [6.45, 7) is 0. The first-order chi connectivity index (χ1) is 8.61. The largest absolute Gasteiger partial charge is 0.673 e. The van der Waals surface area contributed by atoms with Crippen molar-refractivity contribution in [1.29, 1.82) is 0 Å². The third-order valence-electron chi connectivity index (χ3n) is 1.34. The number of nitrogens with zero attached hydrogens (tertiary/aromatic N) is 2. The third-order valence-corrected chi connectivity index (χ3v) is 1.34. The molecular weight excluding hydrogens is 273 g/mol. The second kappa shape index (κ2) is 7.03. The smallest absolute Gasteiger partial charge is 0.506 e. The Bertz CT molecular complexity index is 521. The molecule has 0 saturated carbocycles. The highest BCUT2D eigenvalue weighted by Crippen LogP contribution is 2.18. The Balaban J connectivity index is 0.000000307. The molecule has 0 atom stereocenters. The van der Waals surface area contributed by atoms with Crippen molar-refractivity contribution in [3.63, 3.8) is 0 Å². The maximum atomic E-state index is 9.75. The van der Waals surface area contributed by atoms with E-state index in [0.717, 1.165) is 5.52 Å². The van der Waals surface area contributed by atoms with Crippen molar-refractivity contribution >= 4 is 24.3 Å². The molecule has 2 aromatic rings. The Morgan fingerprint density at radius 3 is 2.16 bits per heavy atom. The maximum Gasteiger partial charge on any atom is 0.673 e. The normalized spacial score (nSPS) is 9.89. The summed E-state index contributed by atoms with van der Waals surface area (Å²) >= 11 is 0. The lowest BCUT2D eigenvalue weighted by Crippen LogP contribution is -2.18. The van der Waals surface area contributed by atoms with Gasteiger partial charge in [0.05, 0.1) is 5.52 Å². The van der Waals surface area contributed by atoms with E-state index < -0.39 is 13.3 Å². The lowest BCUT2D eigenvalue weighted by Gasteiger charge is -1.94. The molecule has 0 unspecified atom stereocenters. The second-order valence-electron chi connectivity index (χ2n) is 2.88. The highest BCUT2D eigenvalue weighted by atomic mass is 19.5. The van der Waals surface area contributed by atoms with E-state index in [4.69, 9.17) is 9.90 Å². The Labute approximate surface area is 103 Å². The summed E-state index contributed by atoms with van der Waals surface area (Å²) in [5.41, 5.74) is 9.77. The lowest BCUT2D eigenvalue weighted by molar-refractivity contribution is 0.256. The molecule has 0 aliphatic carbocycles. The van der Waals surface area contributed by atoms with Gasteiger partial charge in [-0.3, -0.25) is 5.10 Å². The molecule has 7 nitrogen and oxygen atoms in total. The minimum absolute atomic E-state index is 0.159. The van der Waals surface area contributed by atoms with Crippen molar-refractivity contribution in [2.75, 3.05) is 0 Å². The van der Waals surface area contributed by atoms with Crippen molar-refractivity contribution < 1.29 is 27.2 Å². The highest BCUT2D eigenvalue weighted by Gasteiger charge is 2.20. The number of phenolic OH excluding ortho intramolecular Hbond substituents is 1. The van der Waals surface area contributed by atoms with Crippen LogP contribution in [0.15, 0.2) is 18.2 Å². The zero-order chi connectivity index (χ0) is 15.1. The monoisotopic (exact) mass is 282 g/mol. The fourth-order valence-corrected chi connectivity index (χ4v) is 0.856. The van der Waals surface area contributed by atoms with E-state index in [1.807, 2.05) is 0 Å². The van der Waals surface area contributed by atoms with Gasteiger partial charge in [-0.1, -0.05) is 11.3 Å². The van der Waals surface area contributed by atoms with E-state index in [0.29, 0.717) is 5.52 Å². The third kappa shape index (κ3) is 9.20. The molecule has 0 spiro atoms. The van der Waals surface area contributed by atoms with E-state index in [2.05, 4.69) is 26.9 Å². The fraction of sp³-hybridized carbons (Fsp3) is 0. The molecule has 1 aromatic carbocycles. The van der Waals surface area contributed by atoms with E-state index in [1.54, 1.807) is 18.2 Å². The van der Waals surface area contributed by atoms with Crippen molar-refractivity contribution in [2.45, 2.75) is 0 Å². The van der Waals surface area contributed by atoms with Crippen LogP contribution in [0, 0.1) is 0 Å². The number of aromatic nitrogens is 3. The Morgan fingerprint density at radius 1 is 1.26 bits per heavy atom. The standard InChI is InChI=1S/C6H5N3O.CH4N2O.BF4/c10-5-3-1-2-4-6(5)8-9-7-4;2-1(3)4;2-1(3,4)5/h1-3,10H,(H,7,8,9);(H4,2,3,4);/q;;-1. The molecule has 0 bridgehead atoms. The van der Waals surface area contributed by atoms with Crippen molar-refractivity contribution in [3.8, 4) is 5.75 Å². The van der Waals surface area contributed by atoms with Gasteiger partial charge in [-0.25, -0.2) is 4.79 Å². The number of fused-ring (bicyclic) bond motifs is 1. The Morgan fingerprint density at radius 2 is 1.74 bits per heavy atom. The summed E-state index contributed by atoms with van der Waals surface area (Å²) in [4.78, 5) is 9.00. The number of urea groups is 1. The van der Waals surface area contributed by atoms with E-state index in [9.17, 15) is 17.3 Å². The van der Waals surface area contributed by atoms with E-state index in [-0.39, 0.29) is 5.75 Å². The summed E-state index contributed by atoms with van der Waals surface area (Å²) in [5.74, 6) is 0.159. The van der Waals surface area contributed by atoms with Crippen LogP contribution in [0.1, 0.15) is 0 Å². The van der Waals surface area contributed by atoms with Crippen LogP contribution in [0.2, 0.25) is 0 Å². The number of hydrogen-bond acceptors (Lipinski definition) is 4. The summed E-state index contributed by atoms with van der Waals surface area (Å²) in [5, 5.41) is 19.0. The molecule has 106 valence electrons. The molecule has 2 amide bonds. The van der Waals surface area contributed by atoms with Crippen LogP contribution < -0.4 is 11.5 Å². The van der Waals surface area contributed by atoms with Gasteiger partial charge in [0.25, 0.3) is 0 Å². The summed E-state index contributed by atoms with van der Waals surface area (Å²) in [6, 6.07) is 4.28. The van der Waals surface area contributed by atoms with Crippen molar-refractivity contribution in [3.05, 3.63) is 18.2 Å². The average Bonchev–Trinajstić information content (AvgIpc) is 2.63. The minimum Gasteiger partial charge on any atom is -0.506 e. The molecule has 0 aliphatic heterocycles. The zero-order valence-electron chi connectivity index (χ0n) is 9.23. The van der Waals surface area contributed by atoms with Gasteiger partial charge in [-0.05, 0) is 12.1 Å². The molecule has 1 aromatic heterocycles. The number of hydrogen-bond donors (Lipinski definition) is 4. The number of nitrogens with one attached hydrogen (secondary N) is 1. The van der Waals surface area contributed by atoms with Crippen LogP contribution in [0.3, 0.4) is 0 Å². The predicted molar refractivity (Wildman–Crippen MR) is 59.5 cm³/mol. The number of halogens is 4. The lowest BCUT2D eigenvalue weighted by atomic mass is 10.3. The molecule has 6 N–H and O–H groups in total. The number of carbonyl (C=O) groups is 1. The van der Waals surface area contributed by atoms with E-state index in [1.165, 1.54) is 0 Å². The van der Waals surface area contributed by atoms with Crippen molar-refractivity contribution in [1.82, 2.24) is 15.4 Å². The molecule has 0 saturated heterocycles. The van der Waals surface area contributed by atoms with Crippen LogP contribution in [-0.4, -0.2) is 33.8 Å². The van der Waals surface area contributed by atoms with Gasteiger partial charge in [-0.15, -0.1) is 5.10 Å². The molecule has 19 heavy (non-hydrogen) atoms. The zero-order valence-corrected chi connectivity index (χ0v) is 9.23. The van der Waals surface area contributed by atoms with Crippen molar-refractivity contribution in [2.24, 2.45) is 11.5 Å². The second-order valence-corrected chi connectivity index (χ2v) is 2.88. The quantitative estimate of drug-likeness (QED) is 0.423. The van der Waals surface area contributed by atoms with Crippen LogP contribution in [0.5, 0.6) is 5.75 Å². The Hall–Kier alpha value is -2.53. The molecule has 1 heterocycles. The van der Waals surface area contributed by atoms with Gasteiger partial charge in [0.1, 0.15) is 5.75 Å². The van der Waals surface area contributed by atoms with Crippen LogP contribution in [0.25, 0.3) is 11.0 Å². The van der Waals surface area contributed by atoms with Gasteiger partial charge in [0, 0.05) is 0 Å². The molecule has 0 aliphatic rings. The van der Waals surface area contributed by atoms with E-state index >= 15 is 0 Å². The average molecular weight is 282 g/mol. The first kappa shape index (κ1) is 16.5. The number of phenols is 1. The number of nitrogens with two attached hydrogens (primary N) is 2. The fourth-order valence-electron chi connectivity index (χ4n) is 0.856. The summed E-state index contributed by atoms with van der Waals surface area (Å²) in [7, 11) is -6.00. The molecule has 12 heteroatoms. The van der Waals surface area contributed by atoms with Gasteiger partial charge in [-0.2, -0.15) is 0 Å². The summed E-state index contributed by atoms with van der Waals surface area (Å²) in [6.07, 6.45) is 0. The molecule has 0 radical (unpaired) electrons. The predicted octanol–water partition coefficient (Wildman–Crippen LogP) is 0.987. The maximum absolute atomic E-state index is 9.75. The number of primary amides is 2. The number of rotatable bonds is 0. The first-order valence-corrected chi connectivity index (χ1v) is 4.52. The van der Waals surface area contributed by atoms with Crippen LogP contribution in [-0.2, 0) is 0 Å². The Kier molecular flexibility index (Phi) is 6.10. The number of carbonyl (C=O) groups excluding carboxylic acids is 1. The number of amides is 2. The topological polar surface area (TPSA) is 131 Å². The number of benzene rings is 1. The van der Waals surface area contributed by atoms with Crippen LogP contribution in [0.4, 0.5) is 22.1 Å². The SMILES string of the molecule is F[B-](F)(F)F.NC(N)=O.Oc1cccc2[nH]nnc12. The molecule has 2 rings (SSSR count). The van der Waals surface area contributed by atoms with Crippen LogP contribution >= 0.6 is 0 Å². The number of aromatic hydroxyl groups is 1.